The fraction of sp³-hybridized carbons (Fsp3) is 0.421. The molecule has 0 bridgehead atoms. The van der Waals surface area contributed by atoms with Crippen LogP contribution in [0.4, 0.5) is 5.82 Å². The van der Waals surface area contributed by atoms with E-state index >= 15 is 0 Å². The van der Waals surface area contributed by atoms with E-state index in [-0.39, 0.29) is 29.6 Å². The summed E-state index contributed by atoms with van der Waals surface area (Å²) >= 11 is 0. The van der Waals surface area contributed by atoms with E-state index in [1.54, 1.807) is 17.0 Å². The fourth-order valence-corrected chi connectivity index (χ4v) is 3.95. The first-order valence-electron chi connectivity index (χ1n) is 8.98. The van der Waals surface area contributed by atoms with Crippen LogP contribution in [0, 0.1) is 0 Å². The lowest BCUT2D eigenvalue weighted by molar-refractivity contribution is -0.133. The standard InChI is InChI=1S/C19H21N3O4/c23-15-12-21(10-11-22(15)14-8-4-5-9-14)18-16(19(24)25)17(26-20-18)13-6-2-1-3-7-13/h1-3,6-7,14H,4-5,8-12H2,(H,24,25). The molecule has 7 heteroatoms. The number of hydrogen-bond donors (Lipinski definition) is 1. The maximum Gasteiger partial charge on any atom is 0.343 e. The molecule has 2 heterocycles. The normalized spacial score (nSPS) is 18.5. The summed E-state index contributed by atoms with van der Waals surface area (Å²) in [6, 6.07) is 9.36. The average molecular weight is 355 g/mol. The molecule has 1 saturated carbocycles. The monoisotopic (exact) mass is 355 g/mol. The second-order valence-corrected chi connectivity index (χ2v) is 6.83. The van der Waals surface area contributed by atoms with Crippen LogP contribution in [-0.2, 0) is 4.79 Å². The van der Waals surface area contributed by atoms with E-state index in [9.17, 15) is 14.7 Å². The zero-order valence-electron chi connectivity index (χ0n) is 14.4. The quantitative estimate of drug-likeness (QED) is 0.907. The maximum atomic E-state index is 12.6. The Balaban J connectivity index is 1.60. The lowest BCUT2D eigenvalue weighted by Gasteiger charge is -2.37. The van der Waals surface area contributed by atoms with E-state index in [0.717, 1.165) is 12.8 Å². The first kappa shape index (κ1) is 16.6. The van der Waals surface area contributed by atoms with Crippen LogP contribution < -0.4 is 4.90 Å². The first-order chi connectivity index (χ1) is 12.6. The van der Waals surface area contributed by atoms with Gasteiger partial charge >= 0.3 is 5.97 Å². The predicted molar refractivity (Wildman–Crippen MR) is 95.1 cm³/mol. The SMILES string of the molecule is O=C(O)c1c(N2CCN(C3CCCC3)C(=O)C2)noc1-c1ccccc1. The van der Waals surface area contributed by atoms with Gasteiger partial charge in [-0.25, -0.2) is 4.79 Å². The Morgan fingerprint density at radius 2 is 1.88 bits per heavy atom. The van der Waals surface area contributed by atoms with Crippen molar-refractivity contribution >= 4 is 17.7 Å². The molecule has 1 aromatic heterocycles. The van der Waals surface area contributed by atoms with Crippen LogP contribution >= 0.6 is 0 Å². The maximum absolute atomic E-state index is 12.6. The summed E-state index contributed by atoms with van der Waals surface area (Å²) in [5.74, 6) is -0.621. The lowest BCUT2D eigenvalue weighted by Crippen LogP contribution is -2.53. The number of amides is 1. The van der Waals surface area contributed by atoms with Crippen molar-refractivity contribution in [2.75, 3.05) is 24.5 Å². The van der Waals surface area contributed by atoms with E-state index in [2.05, 4.69) is 5.16 Å². The summed E-state index contributed by atoms with van der Waals surface area (Å²) < 4.78 is 5.36. The zero-order chi connectivity index (χ0) is 18.1. The molecule has 0 atom stereocenters. The van der Waals surface area contributed by atoms with Crippen molar-refractivity contribution in [3.63, 3.8) is 0 Å². The van der Waals surface area contributed by atoms with Gasteiger partial charge in [0.15, 0.2) is 17.1 Å². The van der Waals surface area contributed by atoms with Crippen molar-refractivity contribution in [3.05, 3.63) is 35.9 Å². The minimum absolute atomic E-state index is 0.0123. The van der Waals surface area contributed by atoms with Crippen molar-refractivity contribution < 1.29 is 19.2 Å². The highest BCUT2D eigenvalue weighted by atomic mass is 16.5. The number of aromatic carboxylic acids is 1. The van der Waals surface area contributed by atoms with Crippen LogP contribution in [0.5, 0.6) is 0 Å². The Morgan fingerprint density at radius 3 is 2.54 bits per heavy atom. The van der Waals surface area contributed by atoms with E-state index in [1.165, 1.54) is 12.8 Å². The summed E-state index contributed by atoms with van der Waals surface area (Å²) in [6.45, 7) is 1.29. The summed E-state index contributed by atoms with van der Waals surface area (Å²) in [4.78, 5) is 28.1. The number of hydrogen-bond acceptors (Lipinski definition) is 5. The molecule has 26 heavy (non-hydrogen) atoms. The molecule has 4 rings (SSSR count). The number of carboxylic acids is 1. The van der Waals surface area contributed by atoms with Gasteiger partial charge in [0, 0.05) is 24.7 Å². The molecule has 136 valence electrons. The predicted octanol–water partition coefficient (Wildman–Crippen LogP) is 2.63. The molecule has 2 aromatic rings. The van der Waals surface area contributed by atoms with Gasteiger partial charge in [-0.1, -0.05) is 48.3 Å². The Morgan fingerprint density at radius 1 is 1.15 bits per heavy atom. The Bertz CT molecular complexity index is 811. The third-order valence-corrected chi connectivity index (χ3v) is 5.25. The van der Waals surface area contributed by atoms with Crippen molar-refractivity contribution in [1.82, 2.24) is 10.1 Å². The van der Waals surface area contributed by atoms with Crippen LogP contribution in [0.2, 0.25) is 0 Å². The zero-order valence-corrected chi connectivity index (χ0v) is 14.4. The largest absolute Gasteiger partial charge is 0.477 e. The minimum atomic E-state index is -1.11. The molecule has 1 aliphatic heterocycles. The number of carbonyl (C=O) groups excluding carboxylic acids is 1. The van der Waals surface area contributed by atoms with Crippen LogP contribution in [0.1, 0.15) is 36.0 Å². The molecular formula is C19H21N3O4. The van der Waals surface area contributed by atoms with Crippen LogP contribution in [0.15, 0.2) is 34.9 Å². The fourth-order valence-electron chi connectivity index (χ4n) is 3.95. The summed E-state index contributed by atoms with van der Waals surface area (Å²) in [5, 5.41) is 13.7. The molecule has 1 amide bonds. The number of rotatable bonds is 4. The van der Waals surface area contributed by atoms with Crippen molar-refractivity contribution in [2.45, 2.75) is 31.7 Å². The van der Waals surface area contributed by atoms with Crippen molar-refractivity contribution in [1.29, 1.82) is 0 Å². The molecule has 1 N–H and O–H groups in total. The molecule has 0 unspecified atom stereocenters. The van der Waals surface area contributed by atoms with Crippen molar-refractivity contribution in [2.24, 2.45) is 0 Å². The number of benzene rings is 1. The van der Waals surface area contributed by atoms with E-state index in [4.69, 9.17) is 4.52 Å². The molecule has 2 fully saturated rings. The highest BCUT2D eigenvalue weighted by Gasteiger charge is 2.35. The van der Waals surface area contributed by atoms with Gasteiger partial charge in [-0.05, 0) is 12.8 Å². The Kier molecular flexibility index (Phi) is 4.36. The van der Waals surface area contributed by atoms with Crippen molar-refractivity contribution in [3.8, 4) is 11.3 Å². The summed E-state index contributed by atoms with van der Waals surface area (Å²) in [7, 11) is 0. The molecule has 1 aliphatic carbocycles. The van der Waals surface area contributed by atoms with Gasteiger partial charge in [0.05, 0.1) is 6.54 Å². The van der Waals surface area contributed by atoms with Gasteiger partial charge in [-0.15, -0.1) is 0 Å². The van der Waals surface area contributed by atoms with Gasteiger partial charge in [0.25, 0.3) is 0 Å². The summed E-state index contributed by atoms with van der Waals surface area (Å²) in [6.07, 6.45) is 4.47. The molecule has 1 saturated heterocycles. The number of anilines is 1. The van der Waals surface area contributed by atoms with Gasteiger partial charge in [0.1, 0.15) is 0 Å². The number of piperazine rings is 1. The third-order valence-electron chi connectivity index (χ3n) is 5.25. The van der Waals surface area contributed by atoms with Gasteiger partial charge in [-0.2, -0.15) is 0 Å². The minimum Gasteiger partial charge on any atom is -0.477 e. The average Bonchev–Trinajstić information content (AvgIpc) is 3.32. The van der Waals surface area contributed by atoms with Gasteiger partial charge in [-0.3, -0.25) is 4.79 Å². The molecule has 1 aromatic carbocycles. The third kappa shape index (κ3) is 2.94. The first-order valence-corrected chi connectivity index (χ1v) is 8.98. The molecule has 0 spiro atoms. The number of carboxylic acid groups (broad SMARTS) is 1. The molecule has 2 aliphatic rings. The smallest absolute Gasteiger partial charge is 0.343 e. The highest BCUT2D eigenvalue weighted by molar-refractivity contribution is 6.00. The van der Waals surface area contributed by atoms with Crippen LogP contribution in [0.3, 0.4) is 0 Å². The van der Waals surface area contributed by atoms with Gasteiger partial charge in [0.2, 0.25) is 5.91 Å². The molecule has 7 nitrogen and oxygen atoms in total. The Hall–Kier alpha value is -2.83. The van der Waals surface area contributed by atoms with Crippen LogP contribution in [0.25, 0.3) is 11.3 Å². The highest BCUT2D eigenvalue weighted by Crippen LogP contribution is 2.33. The number of aromatic nitrogens is 1. The van der Waals surface area contributed by atoms with E-state index < -0.39 is 5.97 Å². The second-order valence-electron chi connectivity index (χ2n) is 6.83. The second kappa shape index (κ2) is 6.82. The van der Waals surface area contributed by atoms with E-state index in [1.807, 2.05) is 23.1 Å². The van der Waals surface area contributed by atoms with Gasteiger partial charge < -0.3 is 19.4 Å². The topological polar surface area (TPSA) is 86.9 Å². The Labute approximate surface area is 151 Å². The number of carbonyl (C=O) groups is 2. The van der Waals surface area contributed by atoms with Crippen LogP contribution in [-0.4, -0.2) is 52.7 Å². The number of nitrogens with zero attached hydrogens (tertiary/aromatic N) is 3. The molecule has 0 radical (unpaired) electrons. The van der Waals surface area contributed by atoms with E-state index in [0.29, 0.717) is 24.7 Å². The lowest BCUT2D eigenvalue weighted by atomic mass is 10.1. The summed E-state index contributed by atoms with van der Waals surface area (Å²) in [5.41, 5.74) is 0.665. The molecular weight excluding hydrogens is 334 g/mol.